The van der Waals surface area contributed by atoms with Gasteiger partial charge in [0.15, 0.2) is 23.1 Å². The van der Waals surface area contributed by atoms with Gasteiger partial charge in [-0.1, -0.05) is 13.0 Å². The van der Waals surface area contributed by atoms with Crippen LogP contribution in [0.1, 0.15) is 19.8 Å². The Kier molecular flexibility index (Phi) is 8.97. The molecular formula is C27H33F2N7O3. The third kappa shape index (κ3) is 6.63. The van der Waals surface area contributed by atoms with E-state index in [1.165, 1.54) is 35.0 Å². The lowest BCUT2D eigenvalue weighted by molar-refractivity contribution is -0.118. The summed E-state index contributed by atoms with van der Waals surface area (Å²) in [5.41, 5.74) is 5.79. The van der Waals surface area contributed by atoms with Crippen molar-refractivity contribution in [1.29, 1.82) is 0 Å². The third-order valence-electron chi connectivity index (χ3n) is 6.17. The lowest BCUT2D eigenvalue weighted by Crippen LogP contribution is -2.43. The summed E-state index contributed by atoms with van der Waals surface area (Å²) in [6.45, 7) is 4.48. The molecule has 0 bridgehead atoms. The average Bonchev–Trinajstić information content (AvgIpc) is 3.34. The zero-order valence-corrected chi connectivity index (χ0v) is 22.3. The van der Waals surface area contributed by atoms with Crippen LogP contribution in [0, 0.1) is 11.6 Å². The second-order valence-corrected chi connectivity index (χ2v) is 9.19. The van der Waals surface area contributed by atoms with Crippen molar-refractivity contribution < 1.29 is 23.0 Å². The Balaban J connectivity index is 1.72. The molecule has 2 heterocycles. The minimum absolute atomic E-state index is 0.00641. The van der Waals surface area contributed by atoms with Gasteiger partial charge in [0.2, 0.25) is 5.91 Å². The maximum atomic E-state index is 14.9. The number of ether oxygens (including phenoxy) is 2. The first kappa shape index (κ1) is 27.8. The fraction of sp³-hybridized carbons (Fsp3) is 0.370. The molecule has 1 amide bonds. The number of carbonyl (C=O) groups excluding carboxylic acids is 1. The van der Waals surface area contributed by atoms with Gasteiger partial charge in [-0.3, -0.25) is 14.5 Å². The summed E-state index contributed by atoms with van der Waals surface area (Å²) in [5.74, 6) is -1.09. The topological polar surface area (TPSA) is 110 Å². The van der Waals surface area contributed by atoms with E-state index in [-0.39, 0.29) is 18.9 Å². The van der Waals surface area contributed by atoms with E-state index in [1.807, 2.05) is 0 Å². The van der Waals surface area contributed by atoms with Crippen LogP contribution in [-0.2, 0) is 11.3 Å². The van der Waals surface area contributed by atoms with Gasteiger partial charge in [-0.15, -0.1) is 0 Å². The van der Waals surface area contributed by atoms with E-state index in [1.54, 1.807) is 18.3 Å². The summed E-state index contributed by atoms with van der Waals surface area (Å²) in [4.78, 5) is 19.7. The van der Waals surface area contributed by atoms with Gasteiger partial charge in [0.1, 0.15) is 19.0 Å². The number of fused-ring (bicyclic) bond motifs is 1. The van der Waals surface area contributed by atoms with E-state index in [0.29, 0.717) is 40.2 Å². The highest BCUT2D eigenvalue weighted by Crippen LogP contribution is 2.28. The van der Waals surface area contributed by atoms with E-state index in [2.05, 4.69) is 34.3 Å². The quantitative estimate of drug-likeness (QED) is 0.319. The number of benzene rings is 2. The minimum Gasteiger partial charge on any atom is -0.493 e. The fourth-order valence-electron chi connectivity index (χ4n) is 4.36. The van der Waals surface area contributed by atoms with Crippen molar-refractivity contribution in [2.75, 3.05) is 50.7 Å². The Morgan fingerprint density at radius 2 is 2.05 bits per heavy atom. The summed E-state index contributed by atoms with van der Waals surface area (Å²) in [6, 6.07) is 7.49. The van der Waals surface area contributed by atoms with Crippen LogP contribution >= 0.6 is 0 Å². The standard InChI is InChI=1S/C27H33F2N7O3/c1-4-9-34(2)10-6-11-39-24-13-21-19(12-23(24)38-3)27(33-18-14-32-35(15-18)16-25(30)37)36(17-31-21)22-8-5-7-20(28)26(22)29/h5,7-8,12-15,33H,4,6,9-11,16-17H2,1-3H3,(H2,30,37). The number of nitrogens with two attached hydrogens (primary N) is 1. The Bertz CT molecular complexity index is 1440. The van der Waals surface area contributed by atoms with Gasteiger partial charge >= 0.3 is 0 Å². The van der Waals surface area contributed by atoms with Crippen molar-refractivity contribution in [3.8, 4) is 11.5 Å². The van der Waals surface area contributed by atoms with Gasteiger partial charge in [0, 0.05) is 24.0 Å². The summed E-state index contributed by atoms with van der Waals surface area (Å²) in [6.07, 6.45) is 5.03. The van der Waals surface area contributed by atoms with Crippen molar-refractivity contribution in [3.63, 3.8) is 0 Å². The van der Waals surface area contributed by atoms with Gasteiger partial charge in [0.05, 0.1) is 36.6 Å². The Hall–Kier alpha value is -4.19. The van der Waals surface area contributed by atoms with E-state index < -0.39 is 17.5 Å². The second-order valence-electron chi connectivity index (χ2n) is 9.19. The normalized spacial score (nSPS) is 12.8. The van der Waals surface area contributed by atoms with Crippen LogP contribution in [0.3, 0.4) is 0 Å². The molecular weight excluding hydrogens is 508 g/mol. The van der Waals surface area contributed by atoms with Crippen molar-refractivity contribution in [1.82, 2.24) is 14.7 Å². The third-order valence-corrected chi connectivity index (χ3v) is 6.17. The number of hydrogen-bond acceptors (Lipinski definition) is 8. The number of carbonyl (C=O) groups is 1. The molecule has 3 aromatic rings. The number of rotatable bonds is 13. The number of nitrogens with zero attached hydrogens (tertiary/aromatic N) is 5. The van der Waals surface area contributed by atoms with Crippen LogP contribution in [0.5, 0.6) is 11.5 Å². The van der Waals surface area contributed by atoms with Crippen LogP contribution < -0.4 is 36.0 Å². The SMILES string of the molecule is CCCN(C)CCCOc1cc2c(cc1OC)=C(Nc1cnn(CC(N)=O)c1)N(c1cccc(F)c1F)CN=2. The molecule has 0 fully saturated rings. The highest BCUT2D eigenvalue weighted by Gasteiger charge is 2.23. The van der Waals surface area contributed by atoms with E-state index in [4.69, 9.17) is 15.2 Å². The Morgan fingerprint density at radius 3 is 2.79 bits per heavy atom. The molecule has 0 spiro atoms. The zero-order valence-electron chi connectivity index (χ0n) is 22.3. The van der Waals surface area contributed by atoms with Gasteiger partial charge in [-0.2, -0.15) is 5.10 Å². The molecule has 3 N–H and O–H groups in total. The average molecular weight is 542 g/mol. The maximum absolute atomic E-state index is 14.9. The van der Waals surface area contributed by atoms with E-state index in [0.717, 1.165) is 32.0 Å². The largest absolute Gasteiger partial charge is 0.493 e. The molecule has 1 aromatic heterocycles. The highest BCUT2D eigenvalue weighted by atomic mass is 19.2. The monoisotopic (exact) mass is 541 g/mol. The molecule has 0 radical (unpaired) electrons. The number of primary amides is 1. The molecule has 0 atom stereocenters. The van der Waals surface area contributed by atoms with Crippen LogP contribution in [0.15, 0.2) is 47.7 Å². The molecule has 4 rings (SSSR count). The minimum atomic E-state index is -1.00. The van der Waals surface area contributed by atoms with Gasteiger partial charge in [-0.25, -0.2) is 8.78 Å². The second kappa shape index (κ2) is 12.6. The predicted octanol–water partition coefficient (Wildman–Crippen LogP) is 2.04. The maximum Gasteiger partial charge on any atom is 0.239 e. The van der Waals surface area contributed by atoms with Crippen molar-refractivity contribution in [3.05, 3.63) is 64.9 Å². The molecule has 0 saturated heterocycles. The zero-order chi connectivity index (χ0) is 27.9. The van der Waals surface area contributed by atoms with Crippen LogP contribution in [0.2, 0.25) is 0 Å². The van der Waals surface area contributed by atoms with Crippen molar-refractivity contribution in [2.24, 2.45) is 10.7 Å². The lowest BCUT2D eigenvalue weighted by atomic mass is 10.2. The number of anilines is 2. The van der Waals surface area contributed by atoms with E-state index in [9.17, 15) is 13.6 Å². The van der Waals surface area contributed by atoms with Gasteiger partial charge in [-0.05, 0) is 44.6 Å². The number of amides is 1. The van der Waals surface area contributed by atoms with Crippen molar-refractivity contribution in [2.45, 2.75) is 26.3 Å². The molecule has 2 aromatic carbocycles. The number of methoxy groups -OCH3 is 1. The van der Waals surface area contributed by atoms with Gasteiger partial charge < -0.3 is 30.3 Å². The molecule has 10 nitrogen and oxygen atoms in total. The lowest BCUT2D eigenvalue weighted by Gasteiger charge is -2.29. The van der Waals surface area contributed by atoms with Gasteiger partial charge in [0.25, 0.3) is 0 Å². The van der Waals surface area contributed by atoms with E-state index >= 15 is 0 Å². The van der Waals surface area contributed by atoms with Crippen LogP contribution in [0.25, 0.3) is 5.82 Å². The molecule has 1 aliphatic heterocycles. The first-order valence-electron chi connectivity index (χ1n) is 12.7. The molecule has 0 aliphatic carbocycles. The molecule has 39 heavy (non-hydrogen) atoms. The summed E-state index contributed by atoms with van der Waals surface area (Å²) in [7, 11) is 3.62. The molecule has 0 unspecified atom stereocenters. The van der Waals surface area contributed by atoms with Crippen LogP contribution in [-0.4, -0.2) is 61.1 Å². The van der Waals surface area contributed by atoms with Crippen LogP contribution in [0.4, 0.5) is 20.2 Å². The fourth-order valence-corrected chi connectivity index (χ4v) is 4.36. The Labute approximate surface area is 225 Å². The summed E-state index contributed by atoms with van der Waals surface area (Å²) >= 11 is 0. The summed E-state index contributed by atoms with van der Waals surface area (Å²) in [5, 5.41) is 8.54. The predicted molar refractivity (Wildman–Crippen MR) is 144 cm³/mol. The Morgan fingerprint density at radius 1 is 1.23 bits per heavy atom. The first-order chi connectivity index (χ1) is 18.8. The number of nitrogens with one attached hydrogen (secondary N) is 1. The number of hydrogen-bond donors (Lipinski definition) is 2. The molecule has 12 heteroatoms. The molecule has 208 valence electrons. The molecule has 0 saturated carbocycles. The molecule has 1 aliphatic rings. The highest BCUT2D eigenvalue weighted by molar-refractivity contribution is 5.78. The smallest absolute Gasteiger partial charge is 0.239 e. The number of halogens is 2. The summed E-state index contributed by atoms with van der Waals surface area (Å²) < 4.78 is 42.1. The van der Waals surface area contributed by atoms with Crippen molar-refractivity contribution >= 4 is 23.1 Å². The first-order valence-corrected chi connectivity index (χ1v) is 12.7. The number of aromatic nitrogens is 2.